The largest absolute Gasteiger partial charge is 0.432 e. The van der Waals surface area contributed by atoms with Gasteiger partial charge in [-0.2, -0.15) is 0 Å². The number of nitrogens with zero attached hydrogens (tertiary/aromatic N) is 16. The van der Waals surface area contributed by atoms with Crippen LogP contribution in [0.2, 0.25) is 0 Å². The van der Waals surface area contributed by atoms with Gasteiger partial charge < -0.3 is 46.9 Å². The van der Waals surface area contributed by atoms with Gasteiger partial charge in [-0.25, -0.2) is 58.0 Å². The van der Waals surface area contributed by atoms with Crippen LogP contribution < -0.4 is 14.7 Å². The van der Waals surface area contributed by atoms with Crippen LogP contribution in [-0.4, -0.2) is 228 Å². The van der Waals surface area contributed by atoms with Crippen LogP contribution in [0.5, 0.6) is 0 Å². The number of piperazine rings is 1. The molecular weight excluding hydrogens is 1430 g/mol. The second kappa shape index (κ2) is 31.4. The van der Waals surface area contributed by atoms with E-state index in [2.05, 4.69) is 147 Å². The lowest BCUT2D eigenvalue weighted by Crippen LogP contribution is -2.46. The average molecular weight is 1520 g/mol. The lowest BCUT2D eigenvalue weighted by Gasteiger charge is -2.34. The molecule has 6 aliphatic heterocycles. The van der Waals surface area contributed by atoms with E-state index in [1.165, 1.54) is 33.4 Å². The molecule has 9 aliphatic rings. The van der Waals surface area contributed by atoms with Gasteiger partial charge >= 0.3 is 0 Å². The molecule has 0 saturated carbocycles. The zero-order valence-electron chi connectivity index (χ0n) is 63.0. The summed E-state index contributed by atoms with van der Waals surface area (Å²) in [7, 11) is 1.76. The highest BCUT2D eigenvalue weighted by atomic mass is 19.3. The average Bonchev–Trinajstić information content (AvgIpc) is 1.60. The molecule has 23 nitrogen and oxygen atoms in total. The Morgan fingerprint density at radius 3 is 1.14 bits per heavy atom. The fourth-order valence-electron chi connectivity index (χ4n) is 17.0. The van der Waals surface area contributed by atoms with E-state index < -0.39 is 12.1 Å². The fourth-order valence-corrected chi connectivity index (χ4v) is 17.0. The van der Waals surface area contributed by atoms with Gasteiger partial charge in [0, 0.05) is 173 Å². The Balaban J connectivity index is 0.000000113. The van der Waals surface area contributed by atoms with E-state index in [4.69, 9.17) is 67.1 Å². The molecular formula is C86H89F3N16O7. The summed E-state index contributed by atoms with van der Waals surface area (Å²) >= 11 is 0. The molecule has 21 rings (SSSR count). The monoisotopic (exact) mass is 1510 g/mol. The molecule has 0 unspecified atom stereocenters. The maximum atomic E-state index is 13.6. The van der Waals surface area contributed by atoms with Crippen molar-refractivity contribution in [1.82, 2.24) is 64.5 Å². The summed E-state index contributed by atoms with van der Waals surface area (Å²) in [5, 5.41) is 2.66. The van der Waals surface area contributed by atoms with Crippen LogP contribution in [0.3, 0.4) is 0 Å². The predicted molar refractivity (Wildman–Crippen MR) is 427 cm³/mol. The lowest BCUT2D eigenvalue weighted by atomic mass is 10.0. The van der Waals surface area contributed by atoms with Crippen molar-refractivity contribution in [2.75, 3.05) is 166 Å². The maximum Gasteiger partial charge on any atom is 0.250 e. The Hall–Kier alpha value is -10.2. The minimum Gasteiger partial charge on any atom is -0.432 e. The molecule has 112 heavy (non-hydrogen) atoms. The highest BCUT2D eigenvalue weighted by molar-refractivity contribution is 6.08. The molecule has 576 valence electrons. The third-order valence-corrected chi connectivity index (χ3v) is 23.1. The lowest BCUT2D eigenvalue weighted by molar-refractivity contribution is -0.0566. The van der Waals surface area contributed by atoms with E-state index in [9.17, 15) is 13.2 Å². The van der Waals surface area contributed by atoms with E-state index in [1.807, 2.05) is 18.5 Å². The summed E-state index contributed by atoms with van der Waals surface area (Å²) in [6, 6.07) is 25.4. The molecule has 0 amide bonds. The Morgan fingerprint density at radius 2 is 0.777 bits per heavy atom. The topological polar surface area (TPSA) is 215 Å². The van der Waals surface area contributed by atoms with Crippen molar-refractivity contribution in [1.29, 1.82) is 0 Å². The molecule has 3 aliphatic carbocycles. The van der Waals surface area contributed by atoms with Crippen LogP contribution >= 0.6 is 0 Å². The first kappa shape index (κ1) is 72.1. The predicted octanol–water partition coefficient (Wildman–Crippen LogP) is 13.5. The van der Waals surface area contributed by atoms with Crippen molar-refractivity contribution in [3.05, 3.63) is 160 Å². The first-order valence-electron chi connectivity index (χ1n) is 39.6. The van der Waals surface area contributed by atoms with Crippen LogP contribution in [0.4, 0.5) is 30.6 Å². The van der Waals surface area contributed by atoms with Crippen molar-refractivity contribution in [2.24, 2.45) is 0 Å². The Kier molecular flexibility index (Phi) is 20.2. The van der Waals surface area contributed by atoms with Crippen molar-refractivity contribution < 1.29 is 45.4 Å². The molecule has 0 bridgehead atoms. The van der Waals surface area contributed by atoms with Crippen LogP contribution in [0.15, 0.2) is 123 Å². The first-order chi connectivity index (χ1) is 55.0. The zero-order chi connectivity index (χ0) is 75.2. The normalized spacial score (nSPS) is 19.0. The van der Waals surface area contributed by atoms with E-state index in [1.54, 1.807) is 13.3 Å². The highest BCUT2D eigenvalue weighted by Crippen LogP contribution is 2.42. The van der Waals surface area contributed by atoms with Crippen molar-refractivity contribution in [3.63, 3.8) is 0 Å². The molecule has 3 aromatic carbocycles. The van der Waals surface area contributed by atoms with Crippen molar-refractivity contribution >= 4 is 102 Å². The van der Waals surface area contributed by atoms with E-state index in [0.717, 1.165) is 200 Å². The summed E-state index contributed by atoms with van der Waals surface area (Å²) in [6.07, 6.45) is 21.7. The molecule has 12 aromatic rings. The summed E-state index contributed by atoms with van der Waals surface area (Å²) in [6.45, 7) is 18.8. The molecule has 0 atom stereocenters. The minimum atomic E-state index is -2.56. The molecule has 0 spiro atoms. The number of pyridine rings is 3. The number of anilines is 3. The number of halogens is 3. The van der Waals surface area contributed by atoms with E-state index >= 15 is 0 Å². The smallest absolute Gasteiger partial charge is 0.250 e. The second-order valence-corrected chi connectivity index (χ2v) is 30.5. The van der Waals surface area contributed by atoms with Gasteiger partial charge in [-0.15, -0.1) is 0 Å². The quantitative estimate of drug-likeness (QED) is 0.0932. The number of likely N-dealkylation sites (tertiary alicyclic amines) is 2. The Bertz CT molecular complexity index is 5590. The van der Waals surface area contributed by atoms with Gasteiger partial charge in [0.2, 0.25) is 17.1 Å². The third kappa shape index (κ3) is 14.8. The standard InChI is InChI=1S/C30H34N6O3.C28H27F2N5O2.C28H28FN5O2/c1-37-15-12-34-8-10-35(11-9-34)20-21-18-25-26-27(39-30(25)31-19-21)29(36-13-16-38-17-14-36)33-28(32-26)24-7-3-5-22-4-2-6-23(22)24;29-28(30)7-9-34(10-8-28)17-18-15-22-23-24(37-27(22)31-16-18)26(35-11-13-36-14-12-35)33-25(32-23)21-6-2-4-19-3-1-5-20(19)21;29-20-7-9-33(10-8-20)17-18-15-23-24-25(36-28(23)30-16-18)27(34-11-13-35-14-12-34)32-26(31-24)22-6-2-4-19-3-1-5-21(19)22/h2-3,5-7,18-19H,4,8-17,20H2,1H3;1-2,4-6,15-16H,3,7-14,17H2;1-2,4-6,15-16,20H,3,7-14,17H2. The number of methoxy groups -OCH3 is 1. The molecule has 0 radical (unpaired) electrons. The number of rotatable bonds is 15. The molecule has 26 heteroatoms. The number of piperidine rings is 2. The minimum absolute atomic E-state index is 0.105. The van der Waals surface area contributed by atoms with Crippen LogP contribution in [0.1, 0.15) is 75.8 Å². The molecule has 6 saturated heterocycles. The molecule has 0 N–H and O–H groups in total. The number of fused-ring (bicyclic) bond motifs is 12. The van der Waals surface area contributed by atoms with Gasteiger partial charge in [0.15, 0.2) is 51.7 Å². The van der Waals surface area contributed by atoms with Gasteiger partial charge in [0.1, 0.15) is 22.7 Å². The number of hydrogen-bond acceptors (Lipinski definition) is 23. The molecule has 6 fully saturated rings. The van der Waals surface area contributed by atoms with Gasteiger partial charge in [-0.1, -0.05) is 91.1 Å². The van der Waals surface area contributed by atoms with Crippen LogP contribution in [0.25, 0.3) is 119 Å². The number of ether oxygens (including phenoxy) is 4. The van der Waals surface area contributed by atoms with Crippen LogP contribution in [-0.2, 0) is 57.8 Å². The zero-order valence-corrected chi connectivity index (χ0v) is 63.0. The Morgan fingerprint density at radius 1 is 0.429 bits per heavy atom. The van der Waals surface area contributed by atoms with Gasteiger partial charge in [-0.05, 0) is 100 Å². The van der Waals surface area contributed by atoms with Crippen LogP contribution in [0, 0.1) is 0 Å². The number of furan rings is 3. The summed E-state index contributed by atoms with van der Waals surface area (Å²) in [4.78, 5) is 60.3. The van der Waals surface area contributed by atoms with E-state index in [-0.39, 0.29) is 12.8 Å². The van der Waals surface area contributed by atoms with Gasteiger partial charge in [0.05, 0.1) is 62.4 Å². The summed E-state index contributed by atoms with van der Waals surface area (Å²) < 4.78 is 81.8. The fraction of sp³-hybridized carbons (Fsp3) is 0.407. The molecule has 15 heterocycles. The third-order valence-electron chi connectivity index (χ3n) is 23.1. The first-order valence-corrected chi connectivity index (χ1v) is 39.6. The van der Waals surface area contributed by atoms with Gasteiger partial charge in [-0.3, -0.25) is 19.6 Å². The number of allylic oxidation sites excluding steroid dienone is 3. The maximum absolute atomic E-state index is 13.6. The van der Waals surface area contributed by atoms with E-state index in [0.29, 0.717) is 131 Å². The van der Waals surface area contributed by atoms with Crippen molar-refractivity contribution in [3.8, 4) is 34.2 Å². The summed E-state index contributed by atoms with van der Waals surface area (Å²) in [5.74, 6) is 1.89. The highest BCUT2D eigenvalue weighted by Gasteiger charge is 2.35. The Labute approximate surface area is 645 Å². The number of benzene rings is 3. The second-order valence-electron chi connectivity index (χ2n) is 30.5. The number of aromatic nitrogens is 9. The van der Waals surface area contributed by atoms with Gasteiger partial charge in [0.25, 0.3) is 5.92 Å². The summed E-state index contributed by atoms with van der Waals surface area (Å²) in [5.41, 5.74) is 19.7. The number of hydrogen-bond donors (Lipinski definition) is 0. The SMILES string of the molecule is COCCN1CCN(Cc2cnc3oc4c(N5CCOCC5)nc(-c5cccc6c5C=CC6)nc4c3c2)CC1.FC1(F)CCN(Cc2cnc3oc4c(N5CCOCC5)nc(-c5cccc6c5C=CC6)nc4c3c2)CC1.FC1CCN(Cc2cnc3oc4c(N5CCOCC5)nc(-c5cccc6c5C=CC6)nc4c3c2)CC1. The number of alkyl halides is 3. The van der Waals surface area contributed by atoms with Crippen molar-refractivity contribution in [2.45, 2.75) is 76.7 Å². The molecule has 9 aromatic heterocycles. The number of morpholine rings is 3.